The van der Waals surface area contributed by atoms with Gasteiger partial charge in [0.05, 0.1) is 11.0 Å². The van der Waals surface area contributed by atoms with Gasteiger partial charge in [0.2, 0.25) is 0 Å². The maximum absolute atomic E-state index is 5.71. The summed E-state index contributed by atoms with van der Waals surface area (Å²) in [6, 6.07) is 12.8. The van der Waals surface area contributed by atoms with Crippen LogP contribution >= 0.6 is 12.2 Å². The van der Waals surface area contributed by atoms with Gasteiger partial charge >= 0.3 is 0 Å². The number of aromatic nitrogens is 2. The number of hydrogen-bond acceptors (Lipinski definition) is 2. The molecule has 5 heteroatoms. The fourth-order valence-corrected chi connectivity index (χ4v) is 4.25. The maximum atomic E-state index is 5.71. The molecule has 1 aliphatic heterocycles. The molecule has 0 saturated carbocycles. The van der Waals surface area contributed by atoms with E-state index >= 15 is 0 Å². The monoisotopic (exact) mass is 378 g/mol. The van der Waals surface area contributed by atoms with E-state index in [4.69, 9.17) is 17.2 Å². The molecule has 0 aliphatic carbocycles. The summed E-state index contributed by atoms with van der Waals surface area (Å²) in [4.78, 5) is 10.6. The van der Waals surface area contributed by atoms with Gasteiger partial charge in [-0.15, -0.1) is 0 Å². The molecular formula is C22H26N4S. The molecule has 3 aromatic rings. The van der Waals surface area contributed by atoms with E-state index in [-0.39, 0.29) is 0 Å². The number of hydrogen-bond donors (Lipinski definition) is 2. The summed E-state index contributed by atoms with van der Waals surface area (Å²) in [6.07, 6.45) is 2.26. The largest absolute Gasteiger partial charge is 0.348 e. The van der Waals surface area contributed by atoms with Crippen LogP contribution in [0.5, 0.6) is 0 Å². The molecule has 4 nitrogen and oxygen atoms in total. The van der Waals surface area contributed by atoms with Gasteiger partial charge in [-0.1, -0.05) is 12.1 Å². The van der Waals surface area contributed by atoms with Crippen LogP contribution in [0.25, 0.3) is 11.0 Å². The van der Waals surface area contributed by atoms with Crippen LogP contribution in [-0.2, 0) is 0 Å². The Kier molecular flexibility index (Phi) is 4.87. The number of nitrogens with one attached hydrogen (secondary N) is 2. The molecule has 1 fully saturated rings. The lowest BCUT2D eigenvalue weighted by Gasteiger charge is -2.34. The number of piperidine rings is 1. The highest BCUT2D eigenvalue weighted by Gasteiger charge is 2.25. The Hall–Kier alpha value is -2.40. The Morgan fingerprint density at radius 1 is 1.11 bits per heavy atom. The van der Waals surface area contributed by atoms with Crippen molar-refractivity contribution in [3.63, 3.8) is 0 Å². The van der Waals surface area contributed by atoms with E-state index in [1.165, 1.54) is 16.7 Å². The summed E-state index contributed by atoms with van der Waals surface area (Å²) in [5.74, 6) is 1.46. The number of benzene rings is 2. The average molecular weight is 379 g/mol. The second-order valence-corrected chi connectivity index (χ2v) is 8.12. The molecule has 0 radical (unpaired) electrons. The topological polar surface area (TPSA) is 44.0 Å². The molecule has 1 unspecified atom stereocenters. The Labute approximate surface area is 166 Å². The molecule has 1 aliphatic rings. The number of aromatic amines is 1. The van der Waals surface area contributed by atoms with Crippen molar-refractivity contribution in [3.8, 4) is 0 Å². The minimum absolute atomic E-state index is 0.380. The number of nitrogens with zero attached hydrogens (tertiary/aromatic N) is 2. The zero-order chi connectivity index (χ0) is 19.0. The summed E-state index contributed by atoms with van der Waals surface area (Å²) < 4.78 is 0. The van der Waals surface area contributed by atoms with Gasteiger partial charge in [0, 0.05) is 24.7 Å². The summed E-state index contributed by atoms with van der Waals surface area (Å²) in [6.45, 7) is 8.23. The van der Waals surface area contributed by atoms with E-state index in [1.807, 2.05) is 0 Å². The van der Waals surface area contributed by atoms with Crippen LogP contribution in [0.2, 0.25) is 0 Å². The molecule has 1 aromatic heterocycles. The quantitative estimate of drug-likeness (QED) is 0.612. The van der Waals surface area contributed by atoms with Crippen LogP contribution in [0.15, 0.2) is 36.4 Å². The Morgan fingerprint density at radius 2 is 1.89 bits per heavy atom. The second kappa shape index (κ2) is 7.31. The fourth-order valence-electron chi connectivity index (χ4n) is 3.97. The highest BCUT2D eigenvalue weighted by atomic mass is 32.1. The first-order valence-corrected chi connectivity index (χ1v) is 9.99. The van der Waals surface area contributed by atoms with Gasteiger partial charge in [-0.3, -0.25) is 0 Å². The highest BCUT2D eigenvalue weighted by Crippen LogP contribution is 2.27. The average Bonchev–Trinajstić information content (AvgIpc) is 3.04. The molecule has 140 valence electrons. The normalized spacial score (nSPS) is 17.3. The molecule has 0 bridgehead atoms. The van der Waals surface area contributed by atoms with Crippen LogP contribution in [0.4, 0.5) is 5.69 Å². The Morgan fingerprint density at radius 3 is 2.67 bits per heavy atom. The fraction of sp³-hybridized carbons (Fsp3) is 0.364. The highest BCUT2D eigenvalue weighted by molar-refractivity contribution is 7.80. The molecule has 2 N–H and O–H groups in total. The summed E-state index contributed by atoms with van der Waals surface area (Å²) in [5.41, 5.74) is 6.98. The first-order valence-electron chi connectivity index (χ1n) is 9.58. The molecule has 4 rings (SSSR count). The Bertz CT molecular complexity index is 971. The maximum Gasteiger partial charge on any atom is 0.173 e. The van der Waals surface area contributed by atoms with Crippen LogP contribution in [-0.4, -0.2) is 33.1 Å². The van der Waals surface area contributed by atoms with Crippen molar-refractivity contribution in [1.82, 2.24) is 14.9 Å². The van der Waals surface area contributed by atoms with Gasteiger partial charge in [0.15, 0.2) is 5.11 Å². The zero-order valence-corrected chi connectivity index (χ0v) is 17.0. The minimum Gasteiger partial charge on any atom is -0.348 e. The number of thiocarbonyl (C=S) groups is 1. The van der Waals surface area contributed by atoms with Crippen LogP contribution in [0, 0.1) is 20.8 Å². The lowest BCUT2D eigenvalue weighted by Crippen LogP contribution is -2.41. The molecule has 2 heterocycles. The molecular weight excluding hydrogens is 352 g/mol. The van der Waals surface area contributed by atoms with Gasteiger partial charge in [-0.05, 0) is 86.8 Å². The van der Waals surface area contributed by atoms with E-state index in [0.29, 0.717) is 5.92 Å². The van der Waals surface area contributed by atoms with E-state index in [2.05, 4.69) is 72.4 Å². The number of likely N-dealkylation sites (tertiary alicyclic amines) is 1. The zero-order valence-electron chi connectivity index (χ0n) is 16.2. The minimum atomic E-state index is 0.380. The van der Waals surface area contributed by atoms with Crippen molar-refractivity contribution >= 4 is 34.1 Å². The van der Waals surface area contributed by atoms with Crippen LogP contribution in [0.1, 0.15) is 41.3 Å². The third-order valence-corrected chi connectivity index (χ3v) is 5.58. The van der Waals surface area contributed by atoms with E-state index in [9.17, 15) is 0 Å². The standard InChI is InChI=1S/C22H26N4S/c1-14-6-7-19-20(12-14)25-21(24-19)17-5-4-8-26(13-17)22(27)23-18-10-15(2)9-16(3)11-18/h6-7,9-12,17H,4-5,8,13H2,1-3H3,(H,23,27)(H,24,25). The first-order chi connectivity index (χ1) is 13.0. The molecule has 27 heavy (non-hydrogen) atoms. The van der Waals surface area contributed by atoms with Crippen molar-refractivity contribution in [2.45, 2.75) is 39.5 Å². The lowest BCUT2D eigenvalue weighted by molar-refractivity contribution is 0.307. The number of fused-ring (bicyclic) bond motifs is 1. The van der Waals surface area contributed by atoms with E-state index < -0.39 is 0 Å². The van der Waals surface area contributed by atoms with Gasteiger partial charge in [-0.2, -0.15) is 0 Å². The van der Waals surface area contributed by atoms with Crippen LogP contribution in [0.3, 0.4) is 0 Å². The summed E-state index contributed by atoms with van der Waals surface area (Å²) in [5, 5.41) is 4.23. The number of aryl methyl sites for hydroxylation is 3. The van der Waals surface area contributed by atoms with Crippen molar-refractivity contribution in [2.24, 2.45) is 0 Å². The number of imidazole rings is 1. The molecule has 0 amide bonds. The van der Waals surface area contributed by atoms with Gasteiger partial charge in [0.25, 0.3) is 0 Å². The molecule has 1 atom stereocenters. The summed E-state index contributed by atoms with van der Waals surface area (Å²) >= 11 is 5.71. The number of anilines is 1. The van der Waals surface area contributed by atoms with Gasteiger partial charge in [0.1, 0.15) is 5.82 Å². The van der Waals surface area contributed by atoms with Gasteiger partial charge in [-0.25, -0.2) is 4.98 Å². The third-order valence-electron chi connectivity index (χ3n) is 5.22. The predicted octanol–water partition coefficient (Wildman–Crippen LogP) is 5.06. The third kappa shape index (κ3) is 3.98. The van der Waals surface area contributed by atoms with Crippen LogP contribution < -0.4 is 5.32 Å². The van der Waals surface area contributed by atoms with Crippen molar-refractivity contribution in [2.75, 3.05) is 18.4 Å². The van der Waals surface area contributed by atoms with Gasteiger partial charge < -0.3 is 15.2 Å². The number of H-pyrrole nitrogens is 1. The smallest absolute Gasteiger partial charge is 0.173 e. The SMILES string of the molecule is Cc1cc(C)cc(NC(=S)N2CCCC(c3nc4ccc(C)cc4[nH]3)C2)c1. The van der Waals surface area contributed by atoms with Crippen molar-refractivity contribution in [3.05, 3.63) is 58.9 Å². The van der Waals surface area contributed by atoms with Crippen molar-refractivity contribution < 1.29 is 0 Å². The molecule has 1 saturated heterocycles. The van der Waals surface area contributed by atoms with Crippen molar-refractivity contribution in [1.29, 1.82) is 0 Å². The summed E-state index contributed by atoms with van der Waals surface area (Å²) in [7, 11) is 0. The Balaban J connectivity index is 1.48. The second-order valence-electron chi connectivity index (χ2n) is 7.73. The van der Waals surface area contributed by atoms with E-state index in [0.717, 1.165) is 53.6 Å². The number of rotatable bonds is 2. The van der Waals surface area contributed by atoms with E-state index in [1.54, 1.807) is 0 Å². The molecule has 2 aromatic carbocycles. The first kappa shape index (κ1) is 18.0. The molecule has 0 spiro atoms. The lowest BCUT2D eigenvalue weighted by atomic mass is 9.98. The predicted molar refractivity (Wildman–Crippen MR) is 117 cm³/mol.